The molecule has 0 aliphatic carbocycles. The van der Waals surface area contributed by atoms with Gasteiger partial charge in [0.1, 0.15) is 0 Å². The molecule has 0 aliphatic rings. The van der Waals surface area contributed by atoms with E-state index >= 15 is 0 Å². The van der Waals surface area contributed by atoms with Crippen molar-refractivity contribution in [1.29, 1.82) is 0 Å². The minimum Gasteiger partial charge on any atom is -1.00 e. The predicted octanol–water partition coefficient (Wildman–Crippen LogP) is -1.20. The summed E-state index contributed by atoms with van der Waals surface area (Å²) in [4.78, 5) is 0. The van der Waals surface area contributed by atoms with Crippen LogP contribution in [0.3, 0.4) is 0 Å². The maximum absolute atomic E-state index is 4.24. The second kappa shape index (κ2) is 11.8. The Kier molecular flexibility index (Phi) is 21.6. The Morgan fingerprint density at radius 1 is 1.33 bits per heavy atom. The van der Waals surface area contributed by atoms with E-state index in [1.54, 1.807) is 0 Å². The fraction of sp³-hybridized carbons (Fsp3) is 1.00. The van der Waals surface area contributed by atoms with Crippen molar-refractivity contribution in [2.75, 3.05) is 6.54 Å². The number of hydrogen-bond acceptors (Lipinski definition) is 0. The molecule has 0 bridgehead atoms. The molecule has 0 amide bonds. The molecular weight excluding hydrogens is 146 g/mol. The second-order valence-electron chi connectivity index (χ2n) is 1.76. The Hall–Kier alpha value is 1.02. The number of halogens is 1. The van der Waals surface area contributed by atoms with Gasteiger partial charge in [0.2, 0.25) is 0 Å². The molecule has 52 valence electrons. The van der Waals surface area contributed by atoms with E-state index in [2.05, 4.69) is 26.1 Å². The van der Waals surface area contributed by atoms with Crippen molar-refractivity contribution >= 4 is 23.1 Å². The molecule has 9 heavy (non-hydrogen) atoms. The maximum Gasteiger partial charge on any atom is 2.00 e. The fourth-order valence-electron chi connectivity index (χ4n) is 0.441. The molecule has 0 aliphatic heterocycles. The molecule has 1 atom stereocenters. The Bertz CT molecular complexity index is 44.0. The number of rotatable bonds is 3. The molecule has 0 radical (unpaired) electrons. The van der Waals surface area contributed by atoms with Crippen LogP contribution in [0.1, 0.15) is 27.2 Å². The summed E-state index contributed by atoms with van der Waals surface area (Å²) >= 11 is 0. The minimum absolute atomic E-state index is 0. The van der Waals surface area contributed by atoms with Gasteiger partial charge in [-0.25, -0.2) is 0 Å². The van der Waals surface area contributed by atoms with Crippen molar-refractivity contribution in [2.24, 2.45) is 0 Å². The van der Waals surface area contributed by atoms with Crippen LogP contribution in [0.5, 0.6) is 0 Å². The third-order valence-electron chi connectivity index (χ3n) is 1.09. The summed E-state index contributed by atoms with van der Waals surface area (Å²) in [6.07, 6.45) is 1.17. The summed E-state index contributed by atoms with van der Waals surface area (Å²) in [5.41, 5.74) is 0. The van der Waals surface area contributed by atoms with Gasteiger partial charge in [0.05, 0.1) is 0 Å². The van der Waals surface area contributed by atoms with Gasteiger partial charge in [-0.15, -0.1) is 6.04 Å². The van der Waals surface area contributed by atoms with E-state index in [1.807, 2.05) is 0 Å². The van der Waals surface area contributed by atoms with Crippen molar-refractivity contribution in [3.8, 4) is 0 Å². The molecule has 0 aromatic carbocycles. The Balaban J connectivity index is -0.000000180. The van der Waals surface area contributed by atoms with Crippen LogP contribution in [0.25, 0.3) is 5.32 Å². The summed E-state index contributed by atoms with van der Waals surface area (Å²) in [5.74, 6) is 0. The monoisotopic (exact) mass is 159 g/mol. The van der Waals surface area contributed by atoms with E-state index < -0.39 is 0 Å². The van der Waals surface area contributed by atoms with Gasteiger partial charge in [-0.2, -0.15) is 6.54 Å². The van der Waals surface area contributed by atoms with Crippen LogP contribution < -0.4 is 12.4 Å². The molecule has 1 unspecified atom stereocenters. The van der Waals surface area contributed by atoms with Crippen LogP contribution in [-0.4, -0.2) is 35.6 Å². The standard InChI is InChI=1S/C6H14N.ClH.Mg/c1-4-6(3)7-5-2;;/h6H,4-5H2,1-3H3;1H;/q-1;;+2/p-1. The first kappa shape index (κ1) is 16.5. The average molecular weight is 160 g/mol. The quantitative estimate of drug-likeness (QED) is 0.460. The number of hydrogen-bond donors (Lipinski definition) is 0. The first-order valence-electron chi connectivity index (χ1n) is 2.97. The molecular formula is C6H14ClMgN. The molecule has 0 spiro atoms. The van der Waals surface area contributed by atoms with Gasteiger partial charge in [0, 0.05) is 0 Å². The summed E-state index contributed by atoms with van der Waals surface area (Å²) in [7, 11) is 0. The summed E-state index contributed by atoms with van der Waals surface area (Å²) in [5, 5.41) is 4.24. The third kappa shape index (κ3) is 12.3. The van der Waals surface area contributed by atoms with Crippen LogP contribution in [0.4, 0.5) is 0 Å². The topological polar surface area (TPSA) is 14.1 Å². The third-order valence-corrected chi connectivity index (χ3v) is 1.09. The summed E-state index contributed by atoms with van der Waals surface area (Å²) in [6, 6.07) is 0.574. The smallest absolute Gasteiger partial charge is 1.00 e. The molecule has 0 fully saturated rings. The normalized spacial score (nSPS) is 11.0. The van der Waals surface area contributed by atoms with Crippen LogP contribution in [0.15, 0.2) is 0 Å². The van der Waals surface area contributed by atoms with Crippen molar-refractivity contribution in [2.45, 2.75) is 33.2 Å². The first-order valence-corrected chi connectivity index (χ1v) is 2.97. The van der Waals surface area contributed by atoms with Gasteiger partial charge in [-0.1, -0.05) is 27.2 Å². The Labute approximate surface area is 80.5 Å². The Morgan fingerprint density at radius 2 is 1.78 bits per heavy atom. The molecule has 3 heteroatoms. The van der Waals surface area contributed by atoms with Gasteiger partial charge in [-0.05, 0) is 0 Å². The molecule has 0 saturated heterocycles. The van der Waals surface area contributed by atoms with Crippen molar-refractivity contribution in [3.05, 3.63) is 5.32 Å². The van der Waals surface area contributed by atoms with Crippen molar-refractivity contribution in [3.63, 3.8) is 0 Å². The fourth-order valence-corrected chi connectivity index (χ4v) is 0.441. The number of nitrogens with zero attached hydrogens (tertiary/aromatic N) is 1. The SMILES string of the molecule is CC[N-]C(C)CC.[Cl-].[Mg+2]. The molecule has 0 aromatic rings. The van der Waals surface area contributed by atoms with Gasteiger partial charge in [0.15, 0.2) is 0 Å². The zero-order valence-corrected chi connectivity index (χ0v) is 8.69. The Morgan fingerprint density at radius 3 is 1.89 bits per heavy atom. The van der Waals surface area contributed by atoms with Crippen LogP contribution >= 0.6 is 0 Å². The summed E-state index contributed by atoms with van der Waals surface area (Å²) in [6.45, 7) is 7.34. The minimum atomic E-state index is 0. The van der Waals surface area contributed by atoms with Gasteiger partial charge in [0.25, 0.3) is 0 Å². The van der Waals surface area contributed by atoms with E-state index in [9.17, 15) is 0 Å². The predicted molar refractivity (Wildman–Crippen MR) is 39.4 cm³/mol. The largest absolute Gasteiger partial charge is 2.00 e. The molecule has 0 rings (SSSR count). The van der Waals surface area contributed by atoms with Gasteiger partial charge >= 0.3 is 23.1 Å². The van der Waals surface area contributed by atoms with Gasteiger partial charge < -0.3 is 17.7 Å². The summed E-state index contributed by atoms with van der Waals surface area (Å²) < 4.78 is 0. The molecule has 0 saturated carbocycles. The van der Waals surface area contributed by atoms with Crippen molar-refractivity contribution in [1.82, 2.24) is 0 Å². The van der Waals surface area contributed by atoms with Crippen LogP contribution in [0.2, 0.25) is 0 Å². The van der Waals surface area contributed by atoms with E-state index in [4.69, 9.17) is 0 Å². The first-order chi connectivity index (χ1) is 3.31. The van der Waals surface area contributed by atoms with E-state index in [1.165, 1.54) is 6.42 Å². The zero-order chi connectivity index (χ0) is 5.70. The van der Waals surface area contributed by atoms with E-state index in [-0.39, 0.29) is 35.5 Å². The zero-order valence-electron chi connectivity index (χ0n) is 6.52. The van der Waals surface area contributed by atoms with Crippen LogP contribution in [0, 0.1) is 0 Å². The van der Waals surface area contributed by atoms with Gasteiger partial charge in [-0.3, -0.25) is 0 Å². The second-order valence-corrected chi connectivity index (χ2v) is 1.76. The molecule has 0 aromatic heterocycles. The maximum atomic E-state index is 4.24. The average Bonchev–Trinajstić information content (AvgIpc) is 1.68. The molecule has 1 nitrogen and oxygen atoms in total. The van der Waals surface area contributed by atoms with Crippen LogP contribution in [-0.2, 0) is 0 Å². The molecule has 0 heterocycles. The van der Waals surface area contributed by atoms with E-state index in [0.717, 1.165) is 6.54 Å². The van der Waals surface area contributed by atoms with E-state index in [0.29, 0.717) is 6.04 Å². The van der Waals surface area contributed by atoms with Crippen molar-refractivity contribution < 1.29 is 12.4 Å². The molecule has 0 N–H and O–H groups in total.